The first-order chi connectivity index (χ1) is 8.79. The summed E-state index contributed by atoms with van der Waals surface area (Å²) < 4.78 is 0. The molecule has 18 heavy (non-hydrogen) atoms. The van der Waals surface area contributed by atoms with Crippen LogP contribution in [0.2, 0.25) is 0 Å². The number of hydrogen-bond donors (Lipinski definition) is 2. The van der Waals surface area contributed by atoms with Crippen molar-refractivity contribution in [2.24, 2.45) is 5.92 Å². The molecular weight excluding hydrogens is 226 g/mol. The molecule has 1 saturated carbocycles. The van der Waals surface area contributed by atoms with Gasteiger partial charge in [0.2, 0.25) is 0 Å². The number of hydrogen-bond acceptors (Lipinski definition) is 5. The van der Waals surface area contributed by atoms with Crippen LogP contribution < -0.4 is 15.5 Å². The van der Waals surface area contributed by atoms with Gasteiger partial charge in [-0.1, -0.05) is 6.42 Å². The Bertz CT molecular complexity index is 364. The fraction of sp³-hybridized carbons (Fsp3) is 0.692. The van der Waals surface area contributed by atoms with Gasteiger partial charge >= 0.3 is 0 Å². The Kier molecular flexibility index (Phi) is 4.75. The highest BCUT2D eigenvalue weighted by Crippen LogP contribution is 2.26. The molecule has 1 aliphatic carbocycles. The Labute approximate surface area is 109 Å². The lowest BCUT2D eigenvalue weighted by Gasteiger charge is -2.25. The molecule has 5 nitrogen and oxygen atoms in total. The highest BCUT2D eigenvalue weighted by molar-refractivity contribution is 5.47. The molecule has 1 aromatic heterocycles. The van der Waals surface area contributed by atoms with Gasteiger partial charge in [-0.25, -0.2) is 9.97 Å². The van der Waals surface area contributed by atoms with Crippen molar-refractivity contribution < 1.29 is 0 Å². The van der Waals surface area contributed by atoms with E-state index in [9.17, 15) is 0 Å². The second-order valence-corrected chi connectivity index (χ2v) is 4.96. The minimum Gasteiger partial charge on any atom is -0.370 e. The van der Waals surface area contributed by atoms with Gasteiger partial charge in [-0.3, -0.25) is 0 Å². The van der Waals surface area contributed by atoms with Crippen LogP contribution in [0.1, 0.15) is 19.3 Å². The van der Waals surface area contributed by atoms with Crippen molar-refractivity contribution in [2.75, 3.05) is 43.9 Å². The van der Waals surface area contributed by atoms with Gasteiger partial charge in [0.25, 0.3) is 0 Å². The largest absolute Gasteiger partial charge is 0.370 e. The summed E-state index contributed by atoms with van der Waals surface area (Å²) in [5, 5.41) is 6.54. The van der Waals surface area contributed by atoms with Gasteiger partial charge in [-0.2, -0.15) is 0 Å². The van der Waals surface area contributed by atoms with Gasteiger partial charge in [-0.05, 0) is 25.8 Å². The molecule has 1 heterocycles. The van der Waals surface area contributed by atoms with Gasteiger partial charge in [0.15, 0.2) is 0 Å². The van der Waals surface area contributed by atoms with Crippen LogP contribution in [-0.2, 0) is 0 Å². The standard InChI is InChI=1S/C13H23N5/c1-14-6-7-18(2)13-8-12(16-10-17-13)15-9-11-4-3-5-11/h8,10-11,14H,3-7,9H2,1-2H3,(H,15,16,17). The van der Waals surface area contributed by atoms with E-state index in [1.54, 1.807) is 6.33 Å². The van der Waals surface area contributed by atoms with Crippen molar-refractivity contribution in [3.05, 3.63) is 12.4 Å². The maximum atomic E-state index is 4.30. The molecule has 1 aromatic rings. The molecule has 100 valence electrons. The summed E-state index contributed by atoms with van der Waals surface area (Å²) in [5.74, 6) is 2.74. The van der Waals surface area contributed by atoms with Crippen LogP contribution in [0.4, 0.5) is 11.6 Å². The third-order valence-electron chi connectivity index (χ3n) is 3.54. The number of anilines is 2. The van der Waals surface area contributed by atoms with E-state index in [0.29, 0.717) is 0 Å². The summed E-state index contributed by atoms with van der Waals surface area (Å²) in [7, 11) is 4.01. The molecule has 0 aliphatic heterocycles. The summed E-state index contributed by atoms with van der Waals surface area (Å²) in [4.78, 5) is 10.7. The van der Waals surface area contributed by atoms with Crippen molar-refractivity contribution >= 4 is 11.6 Å². The zero-order chi connectivity index (χ0) is 12.8. The fourth-order valence-corrected chi connectivity index (χ4v) is 1.99. The van der Waals surface area contributed by atoms with Crippen molar-refractivity contribution in [1.29, 1.82) is 0 Å². The van der Waals surface area contributed by atoms with Crippen LogP contribution in [0.15, 0.2) is 12.4 Å². The van der Waals surface area contributed by atoms with Crippen LogP contribution in [0.25, 0.3) is 0 Å². The second-order valence-electron chi connectivity index (χ2n) is 4.96. The summed E-state index contributed by atoms with van der Waals surface area (Å²) >= 11 is 0. The molecule has 0 bridgehead atoms. The van der Waals surface area contributed by atoms with Crippen molar-refractivity contribution in [3.63, 3.8) is 0 Å². The lowest BCUT2D eigenvalue weighted by Crippen LogP contribution is -2.28. The zero-order valence-corrected chi connectivity index (χ0v) is 11.3. The minimum atomic E-state index is 0.838. The van der Waals surface area contributed by atoms with Gasteiger partial charge in [0.05, 0.1) is 0 Å². The molecule has 0 saturated heterocycles. The summed E-state index contributed by atoms with van der Waals surface area (Å²) in [5.41, 5.74) is 0. The molecule has 1 aliphatic rings. The summed E-state index contributed by atoms with van der Waals surface area (Å²) in [6.45, 7) is 2.93. The highest BCUT2D eigenvalue weighted by atomic mass is 15.2. The summed E-state index contributed by atoms with van der Waals surface area (Å²) in [6.07, 6.45) is 5.72. The zero-order valence-electron chi connectivity index (χ0n) is 11.3. The molecule has 2 N–H and O–H groups in total. The van der Waals surface area contributed by atoms with Gasteiger partial charge < -0.3 is 15.5 Å². The lowest BCUT2D eigenvalue weighted by atomic mass is 9.85. The predicted octanol–water partition coefficient (Wildman–Crippen LogP) is 1.34. The monoisotopic (exact) mass is 249 g/mol. The topological polar surface area (TPSA) is 53.1 Å². The van der Waals surface area contributed by atoms with E-state index >= 15 is 0 Å². The van der Waals surface area contributed by atoms with E-state index in [1.807, 2.05) is 13.1 Å². The van der Waals surface area contributed by atoms with Crippen LogP contribution in [0.3, 0.4) is 0 Å². The fourth-order valence-electron chi connectivity index (χ4n) is 1.99. The van der Waals surface area contributed by atoms with E-state index in [-0.39, 0.29) is 0 Å². The molecule has 5 heteroatoms. The Morgan fingerprint density at radius 2 is 2.22 bits per heavy atom. The maximum Gasteiger partial charge on any atom is 0.133 e. The Hall–Kier alpha value is -1.36. The Morgan fingerprint density at radius 3 is 2.89 bits per heavy atom. The molecule has 0 spiro atoms. The smallest absolute Gasteiger partial charge is 0.133 e. The van der Waals surface area contributed by atoms with Gasteiger partial charge in [0.1, 0.15) is 18.0 Å². The third kappa shape index (κ3) is 3.57. The second kappa shape index (κ2) is 6.54. The molecule has 0 radical (unpaired) electrons. The van der Waals surface area contributed by atoms with Gasteiger partial charge in [-0.15, -0.1) is 0 Å². The number of likely N-dealkylation sites (N-methyl/N-ethyl adjacent to an activating group) is 2. The Balaban J connectivity index is 1.87. The lowest BCUT2D eigenvalue weighted by molar-refractivity contribution is 0.333. The quantitative estimate of drug-likeness (QED) is 0.764. The van der Waals surface area contributed by atoms with Crippen molar-refractivity contribution in [3.8, 4) is 0 Å². The van der Waals surface area contributed by atoms with Crippen molar-refractivity contribution in [2.45, 2.75) is 19.3 Å². The first kappa shape index (κ1) is 13.1. The van der Waals surface area contributed by atoms with Crippen molar-refractivity contribution in [1.82, 2.24) is 15.3 Å². The molecular formula is C13H23N5. The number of rotatable bonds is 7. The Morgan fingerprint density at radius 1 is 1.39 bits per heavy atom. The van der Waals surface area contributed by atoms with E-state index in [2.05, 4.69) is 32.5 Å². The van der Waals surface area contributed by atoms with E-state index in [4.69, 9.17) is 0 Å². The number of aromatic nitrogens is 2. The average Bonchev–Trinajstić information content (AvgIpc) is 2.34. The van der Waals surface area contributed by atoms with E-state index in [1.165, 1.54) is 19.3 Å². The number of nitrogens with one attached hydrogen (secondary N) is 2. The third-order valence-corrected chi connectivity index (χ3v) is 3.54. The number of nitrogens with zero attached hydrogens (tertiary/aromatic N) is 3. The SMILES string of the molecule is CNCCN(C)c1cc(NCC2CCC2)ncn1. The molecule has 0 unspecified atom stereocenters. The van der Waals surface area contributed by atoms with Crippen LogP contribution in [0.5, 0.6) is 0 Å². The summed E-state index contributed by atoms with van der Waals surface area (Å²) in [6, 6.07) is 2.02. The highest BCUT2D eigenvalue weighted by Gasteiger charge is 2.16. The normalized spacial score (nSPS) is 15.2. The minimum absolute atomic E-state index is 0.838. The maximum absolute atomic E-state index is 4.30. The van der Waals surface area contributed by atoms with Gasteiger partial charge in [0, 0.05) is 32.7 Å². The molecule has 1 fully saturated rings. The van der Waals surface area contributed by atoms with Crippen LogP contribution in [-0.4, -0.2) is 43.7 Å². The molecule has 2 rings (SSSR count). The molecule has 0 aromatic carbocycles. The average molecular weight is 249 g/mol. The first-order valence-corrected chi connectivity index (χ1v) is 6.71. The van der Waals surface area contributed by atoms with E-state index in [0.717, 1.165) is 37.2 Å². The van der Waals surface area contributed by atoms with Crippen LogP contribution in [0, 0.1) is 5.92 Å². The molecule has 0 atom stereocenters. The predicted molar refractivity (Wildman–Crippen MR) is 75.1 cm³/mol. The molecule has 0 amide bonds. The first-order valence-electron chi connectivity index (χ1n) is 6.71. The van der Waals surface area contributed by atoms with Crippen LogP contribution >= 0.6 is 0 Å². The van der Waals surface area contributed by atoms with E-state index < -0.39 is 0 Å².